The Balaban J connectivity index is 2.34. The minimum absolute atomic E-state index is 0.221. The fourth-order valence-electron chi connectivity index (χ4n) is 2.96. The largest absolute Gasteiger partial charge is 0.465 e. The number of anilines is 1. The summed E-state index contributed by atoms with van der Waals surface area (Å²) in [6.07, 6.45) is 2.19. The zero-order valence-corrected chi connectivity index (χ0v) is 17.7. The number of carbonyl (C=O) groups is 3. The summed E-state index contributed by atoms with van der Waals surface area (Å²) in [6, 6.07) is 6.58. The number of carbonyl (C=O) groups excluding carboxylic acids is 3. The first-order valence-corrected chi connectivity index (χ1v) is 10.3. The number of halogens is 1. The van der Waals surface area contributed by atoms with E-state index in [1.165, 1.54) is 5.06 Å². The number of hydroxylamine groups is 1. The molecule has 0 spiro atoms. The van der Waals surface area contributed by atoms with Gasteiger partial charge >= 0.3 is 11.9 Å². The van der Waals surface area contributed by atoms with Gasteiger partial charge in [-0.2, -0.15) is 0 Å². The van der Waals surface area contributed by atoms with Gasteiger partial charge in [0.05, 0.1) is 24.9 Å². The summed E-state index contributed by atoms with van der Waals surface area (Å²) >= 11 is 3.38. The highest BCUT2D eigenvalue weighted by Gasteiger charge is 2.44. The van der Waals surface area contributed by atoms with Crippen LogP contribution >= 0.6 is 15.9 Å². The van der Waals surface area contributed by atoms with Crippen molar-refractivity contribution in [1.29, 1.82) is 0 Å². The summed E-state index contributed by atoms with van der Waals surface area (Å²) < 4.78 is 11.4. The highest BCUT2D eigenvalue weighted by Crippen LogP contribution is 2.32. The maximum absolute atomic E-state index is 12.7. The van der Waals surface area contributed by atoms with Gasteiger partial charge in [-0.25, -0.2) is 5.06 Å². The van der Waals surface area contributed by atoms with Crippen LogP contribution in [0.15, 0.2) is 28.7 Å². The molecule has 2 rings (SSSR count). The number of benzene rings is 1. The first kappa shape index (κ1) is 22.4. The Kier molecular flexibility index (Phi) is 8.92. The number of rotatable bonds is 9. The molecule has 8 heteroatoms. The summed E-state index contributed by atoms with van der Waals surface area (Å²) in [6.45, 7) is 4.20. The molecule has 1 saturated heterocycles. The summed E-state index contributed by atoms with van der Waals surface area (Å²) in [5.74, 6) is -2.43. The van der Waals surface area contributed by atoms with Crippen molar-refractivity contribution in [1.82, 2.24) is 0 Å². The highest BCUT2D eigenvalue weighted by molar-refractivity contribution is 9.10. The van der Waals surface area contributed by atoms with E-state index in [0.717, 1.165) is 10.8 Å². The summed E-state index contributed by atoms with van der Waals surface area (Å²) in [5, 5.41) is 1.47. The fourth-order valence-corrected chi connectivity index (χ4v) is 3.22. The van der Waals surface area contributed by atoms with Crippen LogP contribution < -0.4 is 5.06 Å². The number of hydrogen-bond acceptors (Lipinski definition) is 7. The third-order valence-electron chi connectivity index (χ3n) is 4.32. The van der Waals surface area contributed by atoms with Gasteiger partial charge in [-0.05, 0) is 49.9 Å². The molecule has 7 nitrogen and oxygen atoms in total. The molecule has 0 N–H and O–H groups in total. The van der Waals surface area contributed by atoms with Crippen molar-refractivity contribution in [3.8, 4) is 0 Å². The molecular weight excluding hydrogens is 430 g/mol. The molecule has 1 aliphatic rings. The number of ether oxygens (including phenoxy) is 2. The predicted molar refractivity (Wildman–Crippen MR) is 107 cm³/mol. The first-order chi connectivity index (χ1) is 13.5. The lowest BCUT2D eigenvalue weighted by molar-refractivity contribution is -0.166. The van der Waals surface area contributed by atoms with E-state index >= 15 is 0 Å². The Hall–Kier alpha value is -1.93. The number of esters is 2. The molecule has 0 bridgehead atoms. The normalized spacial score (nSPS) is 19.4. The van der Waals surface area contributed by atoms with E-state index in [4.69, 9.17) is 14.3 Å². The smallest absolute Gasteiger partial charge is 0.322 e. The van der Waals surface area contributed by atoms with Crippen LogP contribution in [-0.4, -0.2) is 43.6 Å². The van der Waals surface area contributed by atoms with Crippen molar-refractivity contribution in [2.45, 2.75) is 51.7 Å². The number of aldehydes is 1. The van der Waals surface area contributed by atoms with Crippen molar-refractivity contribution < 1.29 is 28.7 Å². The maximum atomic E-state index is 12.7. The molecule has 0 aromatic heterocycles. The van der Waals surface area contributed by atoms with Gasteiger partial charge in [-0.15, -0.1) is 0 Å². The second-order valence-electron chi connectivity index (χ2n) is 6.54. The van der Waals surface area contributed by atoms with E-state index in [1.807, 2.05) is 26.0 Å². The lowest BCUT2D eigenvalue weighted by Crippen LogP contribution is -2.53. The van der Waals surface area contributed by atoms with E-state index in [9.17, 15) is 14.4 Å². The molecule has 2 atom stereocenters. The zero-order valence-electron chi connectivity index (χ0n) is 16.1. The van der Waals surface area contributed by atoms with Crippen LogP contribution in [0.25, 0.3) is 0 Å². The average molecular weight is 456 g/mol. The van der Waals surface area contributed by atoms with Gasteiger partial charge < -0.3 is 14.3 Å². The van der Waals surface area contributed by atoms with Crippen molar-refractivity contribution in [3.05, 3.63) is 28.7 Å². The maximum Gasteiger partial charge on any atom is 0.322 e. The standard InChI is InChI=1S/C20H26BrNO6/c1-3-11-26-19(24)18(20(25)27-12-4-2)17-10-9-16(13-23)28-22(17)15-7-5-14(21)6-8-15/h5-8,13,16-18H,3-4,9-12H2,1-2H3/t16-,17-/m1/s1. The lowest BCUT2D eigenvalue weighted by atomic mass is 9.92. The number of nitrogens with zero attached hydrogens (tertiary/aromatic N) is 1. The monoisotopic (exact) mass is 455 g/mol. The number of hydrogen-bond donors (Lipinski definition) is 0. The Morgan fingerprint density at radius 1 is 1.14 bits per heavy atom. The second kappa shape index (κ2) is 11.2. The van der Waals surface area contributed by atoms with Gasteiger partial charge in [-0.1, -0.05) is 29.8 Å². The minimum atomic E-state index is -1.16. The molecule has 0 unspecified atom stereocenters. The molecule has 0 saturated carbocycles. The van der Waals surface area contributed by atoms with E-state index < -0.39 is 30.0 Å². The Morgan fingerprint density at radius 3 is 2.21 bits per heavy atom. The van der Waals surface area contributed by atoms with Gasteiger partial charge in [0.2, 0.25) is 0 Å². The highest BCUT2D eigenvalue weighted by atomic mass is 79.9. The first-order valence-electron chi connectivity index (χ1n) is 9.51. The van der Waals surface area contributed by atoms with Crippen LogP contribution in [0.2, 0.25) is 0 Å². The van der Waals surface area contributed by atoms with Crippen LogP contribution in [0.4, 0.5) is 5.69 Å². The fraction of sp³-hybridized carbons (Fsp3) is 0.550. The second-order valence-corrected chi connectivity index (χ2v) is 7.46. The molecule has 1 aromatic rings. The van der Waals surface area contributed by atoms with Crippen molar-refractivity contribution >= 4 is 39.8 Å². The van der Waals surface area contributed by atoms with E-state index in [1.54, 1.807) is 12.1 Å². The molecule has 1 aliphatic heterocycles. The predicted octanol–water partition coefficient (Wildman–Crippen LogP) is 3.44. The molecule has 0 aliphatic carbocycles. The van der Waals surface area contributed by atoms with Crippen molar-refractivity contribution in [3.63, 3.8) is 0 Å². The summed E-state index contributed by atoms with van der Waals surface area (Å²) in [4.78, 5) is 42.5. The SMILES string of the molecule is CCCOC(=O)C(C(=O)OCCC)[C@H]1CC[C@H](C=O)ON1c1ccc(Br)cc1. The van der Waals surface area contributed by atoms with E-state index in [-0.39, 0.29) is 13.2 Å². The van der Waals surface area contributed by atoms with Crippen LogP contribution in [0.5, 0.6) is 0 Å². The minimum Gasteiger partial charge on any atom is -0.465 e. The molecule has 0 radical (unpaired) electrons. The molecule has 28 heavy (non-hydrogen) atoms. The third-order valence-corrected chi connectivity index (χ3v) is 4.85. The van der Waals surface area contributed by atoms with Crippen molar-refractivity contribution in [2.75, 3.05) is 18.3 Å². The van der Waals surface area contributed by atoms with Crippen molar-refractivity contribution in [2.24, 2.45) is 5.92 Å². The Bertz CT molecular complexity index is 645. The van der Waals surface area contributed by atoms with E-state index in [2.05, 4.69) is 15.9 Å². The topological polar surface area (TPSA) is 82.1 Å². The van der Waals surface area contributed by atoms with Crippen LogP contribution in [0, 0.1) is 5.92 Å². The van der Waals surface area contributed by atoms with E-state index in [0.29, 0.717) is 31.4 Å². The zero-order chi connectivity index (χ0) is 20.5. The van der Waals surface area contributed by atoms with Crippen LogP contribution in [-0.2, 0) is 28.7 Å². The average Bonchev–Trinajstić information content (AvgIpc) is 2.71. The molecule has 0 amide bonds. The molecule has 1 fully saturated rings. The van der Waals surface area contributed by atoms with Crippen LogP contribution in [0.3, 0.4) is 0 Å². The van der Waals surface area contributed by atoms with Gasteiger partial charge in [-0.3, -0.25) is 14.4 Å². The Labute approximate surface area is 173 Å². The van der Waals surface area contributed by atoms with Gasteiger partial charge in [0.1, 0.15) is 6.10 Å². The van der Waals surface area contributed by atoms with Gasteiger partial charge in [0.25, 0.3) is 0 Å². The van der Waals surface area contributed by atoms with Crippen LogP contribution in [0.1, 0.15) is 39.5 Å². The molecular formula is C20H26BrNO6. The third kappa shape index (κ3) is 5.78. The summed E-state index contributed by atoms with van der Waals surface area (Å²) in [5.41, 5.74) is 0.635. The molecule has 154 valence electrons. The molecule has 1 aromatic carbocycles. The lowest BCUT2D eigenvalue weighted by Gasteiger charge is -2.40. The Morgan fingerprint density at radius 2 is 1.71 bits per heavy atom. The summed E-state index contributed by atoms with van der Waals surface area (Å²) in [7, 11) is 0. The van der Waals surface area contributed by atoms with Gasteiger partial charge in [0, 0.05) is 4.47 Å². The quantitative estimate of drug-likeness (QED) is 0.320. The molecule has 1 heterocycles. The van der Waals surface area contributed by atoms with Gasteiger partial charge in [0.15, 0.2) is 12.2 Å².